The van der Waals surface area contributed by atoms with E-state index in [0.29, 0.717) is 6.54 Å². The zero-order valence-electron chi connectivity index (χ0n) is 9.34. The summed E-state index contributed by atoms with van der Waals surface area (Å²) in [4.78, 5) is 12.8. The number of rotatable bonds is 0. The van der Waals surface area contributed by atoms with Gasteiger partial charge in [0.1, 0.15) is 5.60 Å². The zero-order valence-corrected chi connectivity index (χ0v) is 9.34. The summed E-state index contributed by atoms with van der Waals surface area (Å²) in [5.41, 5.74) is -2.24. The number of carbonyl (C=O) groups excluding carboxylic acids is 1. The molecule has 0 aliphatic carbocycles. The van der Waals surface area contributed by atoms with E-state index in [1.165, 1.54) is 4.90 Å². The van der Waals surface area contributed by atoms with Crippen molar-refractivity contribution in [2.45, 2.75) is 38.5 Å². The Morgan fingerprint density at radius 3 is 2.60 bits per heavy atom. The molecule has 1 amide bonds. The van der Waals surface area contributed by atoms with E-state index in [2.05, 4.69) is 5.92 Å². The van der Waals surface area contributed by atoms with Crippen molar-refractivity contribution in [1.82, 2.24) is 4.90 Å². The summed E-state index contributed by atoms with van der Waals surface area (Å²) in [6.07, 6.45) is 4.73. The first kappa shape index (κ1) is 11.8. The standard InChI is InChI=1S/C11H16FNO2/c1-5-11(12)6-7-13(8-11)9(14)15-10(2,3)4/h1H,6-8H2,2-4H3/t11-/m0/s1. The van der Waals surface area contributed by atoms with Crippen LogP contribution in [0, 0.1) is 12.3 Å². The van der Waals surface area contributed by atoms with Crippen LogP contribution in [0.15, 0.2) is 0 Å². The number of terminal acetylenes is 1. The van der Waals surface area contributed by atoms with Crippen molar-refractivity contribution in [1.29, 1.82) is 0 Å². The Kier molecular flexibility index (Phi) is 2.94. The van der Waals surface area contributed by atoms with Crippen LogP contribution in [0.5, 0.6) is 0 Å². The molecule has 1 atom stereocenters. The van der Waals surface area contributed by atoms with Gasteiger partial charge in [0, 0.05) is 13.0 Å². The second-order valence-corrected chi connectivity index (χ2v) is 4.76. The van der Waals surface area contributed by atoms with Crippen molar-refractivity contribution in [3.8, 4) is 12.3 Å². The summed E-state index contributed by atoms with van der Waals surface area (Å²) in [6.45, 7) is 5.55. The van der Waals surface area contributed by atoms with Crippen LogP contribution in [0.4, 0.5) is 9.18 Å². The fourth-order valence-electron chi connectivity index (χ4n) is 1.37. The molecule has 0 saturated carbocycles. The van der Waals surface area contributed by atoms with Gasteiger partial charge in [-0.2, -0.15) is 0 Å². The summed E-state index contributed by atoms with van der Waals surface area (Å²) in [5.74, 6) is 2.07. The maximum absolute atomic E-state index is 13.6. The minimum atomic E-state index is -1.68. The average Bonchev–Trinajstić information content (AvgIpc) is 2.46. The zero-order chi connectivity index (χ0) is 11.7. The number of hydrogen-bond acceptors (Lipinski definition) is 2. The third-order valence-corrected chi connectivity index (χ3v) is 2.13. The van der Waals surface area contributed by atoms with Gasteiger partial charge in [0.2, 0.25) is 0 Å². The molecular formula is C11H16FNO2. The lowest BCUT2D eigenvalue weighted by Crippen LogP contribution is -2.37. The maximum atomic E-state index is 13.6. The molecular weight excluding hydrogens is 197 g/mol. The molecule has 0 aromatic rings. The third-order valence-electron chi connectivity index (χ3n) is 2.13. The highest BCUT2D eigenvalue weighted by Crippen LogP contribution is 2.25. The lowest BCUT2D eigenvalue weighted by molar-refractivity contribution is 0.0274. The number of amides is 1. The van der Waals surface area contributed by atoms with Crippen molar-refractivity contribution in [3.63, 3.8) is 0 Å². The van der Waals surface area contributed by atoms with Crippen LogP contribution >= 0.6 is 0 Å². The van der Waals surface area contributed by atoms with E-state index in [9.17, 15) is 9.18 Å². The summed E-state index contributed by atoms with van der Waals surface area (Å²) in [6, 6.07) is 0. The van der Waals surface area contributed by atoms with Crippen LogP contribution in [0.2, 0.25) is 0 Å². The number of ether oxygens (including phenoxy) is 1. The predicted molar refractivity (Wildman–Crippen MR) is 55.1 cm³/mol. The molecule has 0 unspecified atom stereocenters. The molecule has 0 aromatic heterocycles. The number of nitrogens with zero attached hydrogens (tertiary/aromatic N) is 1. The van der Waals surface area contributed by atoms with Gasteiger partial charge >= 0.3 is 6.09 Å². The van der Waals surface area contributed by atoms with E-state index in [0.717, 1.165) is 0 Å². The van der Waals surface area contributed by atoms with Crippen molar-refractivity contribution < 1.29 is 13.9 Å². The van der Waals surface area contributed by atoms with Crippen LogP contribution in [-0.2, 0) is 4.74 Å². The Balaban J connectivity index is 2.56. The normalized spacial score (nSPS) is 26.2. The predicted octanol–water partition coefficient (Wildman–Crippen LogP) is 1.97. The number of alkyl halides is 1. The Hall–Kier alpha value is -1.24. The van der Waals surface area contributed by atoms with Gasteiger partial charge in [-0.05, 0) is 20.8 Å². The van der Waals surface area contributed by atoms with Crippen LogP contribution in [0.1, 0.15) is 27.2 Å². The second-order valence-electron chi connectivity index (χ2n) is 4.76. The highest BCUT2D eigenvalue weighted by Gasteiger charge is 2.40. The Bertz CT molecular complexity index is 303. The van der Waals surface area contributed by atoms with E-state index in [1.54, 1.807) is 20.8 Å². The third kappa shape index (κ3) is 3.12. The molecule has 3 nitrogen and oxygen atoms in total. The Morgan fingerprint density at radius 1 is 1.60 bits per heavy atom. The van der Waals surface area contributed by atoms with E-state index < -0.39 is 17.4 Å². The van der Waals surface area contributed by atoms with Crippen molar-refractivity contribution in [3.05, 3.63) is 0 Å². The van der Waals surface area contributed by atoms with Gasteiger partial charge in [0.05, 0.1) is 6.54 Å². The van der Waals surface area contributed by atoms with Gasteiger partial charge in [-0.25, -0.2) is 9.18 Å². The van der Waals surface area contributed by atoms with E-state index in [4.69, 9.17) is 11.2 Å². The number of likely N-dealkylation sites (tertiary alicyclic amines) is 1. The van der Waals surface area contributed by atoms with Gasteiger partial charge in [-0.3, -0.25) is 0 Å². The molecule has 0 bridgehead atoms. The highest BCUT2D eigenvalue weighted by molar-refractivity contribution is 5.68. The molecule has 1 heterocycles. The molecule has 0 spiro atoms. The molecule has 15 heavy (non-hydrogen) atoms. The summed E-state index contributed by atoms with van der Waals surface area (Å²) < 4.78 is 18.7. The largest absolute Gasteiger partial charge is 0.444 e. The molecule has 84 valence electrons. The van der Waals surface area contributed by atoms with Gasteiger partial charge < -0.3 is 9.64 Å². The highest BCUT2D eigenvalue weighted by atomic mass is 19.1. The molecule has 0 aromatic carbocycles. The molecule has 1 fully saturated rings. The fourth-order valence-corrected chi connectivity index (χ4v) is 1.37. The van der Waals surface area contributed by atoms with Gasteiger partial charge in [-0.1, -0.05) is 5.92 Å². The minimum Gasteiger partial charge on any atom is -0.444 e. The molecule has 1 aliphatic rings. The SMILES string of the molecule is C#C[C@]1(F)CCN(C(=O)OC(C)(C)C)C1. The van der Waals surface area contributed by atoms with E-state index in [-0.39, 0.29) is 13.0 Å². The van der Waals surface area contributed by atoms with Crippen LogP contribution in [-0.4, -0.2) is 35.4 Å². The first-order valence-electron chi connectivity index (χ1n) is 4.90. The van der Waals surface area contributed by atoms with E-state index >= 15 is 0 Å². The molecule has 4 heteroatoms. The topological polar surface area (TPSA) is 29.5 Å². The second kappa shape index (κ2) is 3.73. The van der Waals surface area contributed by atoms with Crippen LogP contribution in [0.3, 0.4) is 0 Å². The lowest BCUT2D eigenvalue weighted by atomic mass is 10.1. The number of halogens is 1. The summed E-state index contributed by atoms with van der Waals surface area (Å²) >= 11 is 0. The summed E-state index contributed by atoms with van der Waals surface area (Å²) in [5, 5.41) is 0. The maximum Gasteiger partial charge on any atom is 0.410 e. The van der Waals surface area contributed by atoms with Gasteiger partial charge in [0.25, 0.3) is 0 Å². The molecule has 0 N–H and O–H groups in total. The summed E-state index contributed by atoms with van der Waals surface area (Å²) in [7, 11) is 0. The Labute approximate surface area is 89.6 Å². The van der Waals surface area contributed by atoms with Crippen LogP contribution in [0.25, 0.3) is 0 Å². The van der Waals surface area contributed by atoms with E-state index in [1.807, 2.05) is 0 Å². The quantitative estimate of drug-likeness (QED) is 0.576. The number of hydrogen-bond donors (Lipinski definition) is 0. The number of carbonyl (C=O) groups is 1. The fraction of sp³-hybridized carbons (Fsp3) is 0.727. The van der Waals surface area contributed by atoms with Crippen molar-refractivity contribution in [2.75, 3.05) is 13.1 Å². The van der Waals surface area contributed by atoms with Gasteiger partial charge in [0.15, 0.2) is 5.67 Å². The smallest absolute Gasteiger partial charge is 0.410 e. The lowest BCUT2D eigenvalue weighted by Gasteiger charge is -2.24. The van der Waals surface area contributed by atoms with Crippen molar-refractivity contribution >= 4 is 6.09 Å². The molecule has 1 saturated heterocycles. The monoisotopic (exact) mass is 213 g/mol. The van der Waals surface area contributed by atoms with Crippen molar-refractivity contribution in [2.24, 2.45) is 0 Å². The Morgan fingerprint density at radius 2 is 2.20 bits per heavy atom. The average molecular weight is 213 g/mol. The molecule has 0 radical (unpaired) electrons. The van der Waals surface area contributed by atoms with Gasteiger partial charge in [-0.15, -0.1) is 6.42 Å². The molecule has 1 aliphatic heterocycles. The van der Waals surface area contributed by atoms with Crippen LogP contribution < -0.4 is 0 Å². The first-order valence-corrected chi connectivity index (χ1v) is 4.90. The molecule has 1 rings (SSSR count). The minimum absolute atomic E-state index is 0.0710. The first-order chi connectivity index (χ1) is 6.76.